The zero-order chi connectivity index (χ0) is 15.2. The van der Waals surface area contributed by atoms with Crippen molar-refractivity contribution in [3.8, 4) is 5.75 Å². The van der Waals surface area contributed by atoms with Crippen LogP contribution in [0.25, 0.3) is 0 Å². The molecule has 3 nitrogen and oxygen atoms in total. The SMILES string of the molecule is CCC1CCCCN1CCC(O)c1ccc(OC)cc1C. The van der Waals surface area contributed by atoms with Crippen molar-refractivity contribution in [1.29, 1.82) is 0 Å². The predicted molar refractivity (Wildman–Crippen MR) is 86.8 cm³/mol. The van der Waals surface area contributed by atoms with Crippen molar-refractivity contribution >= 4 is 0 Å². The summed E-state index contributed by atoms with van der Waals surface area (Å²) in [7, 11) is 1.67. The highest BCUT2D eigenvalue weighted by Gasteiger charge is 2.21. The molecule has 0 spiro atoms. The smallest absolute Gasteiger partial charge is 0.119 e. The zero-order valence-electron chi connectivity index (χ0n) is 13.6. The van der Waals surface area contributed by atoms with Crippen molar-refractivity contribution in [1.82, 2.24) is 4.90 Å². The van der Waals surface area contributed by atoms with Crippen LogP contribution in [0.2, 0.25) is 0 Å². The molecule has 1 heterocycles. The third kappa shape index (κ3) is 4.21. The van der Waals surface area contributed by atoms with Gasteiger partial charge in [-0.15, -0.1) is 0 Å². The lowest BCUT2D eigenvalue weighted by molar-refractivity contribution is 0.101. The van der Waals surface area contributed by atoms with Crippen molar-refractivity contribution in [2.45, 2.75) is 58.1 Å². The molecule has 0 bridgehead atoms. The molecule has 0 aromatic heterocycles. The molecule has 1 fully saturated rings. The summed E-state index contributed by atoms with van der Waals surface area (Å²) >= 11 is 0. The maximum atomic E-state index is 10.5. The van der Waals surface area contributed by atoms with Gasteiger partial charge in [0, 0.05) is 12.6 Å². The quantitative estimate of drug-likeness (QED) is 0.867. The first kappa shape index (κ1) is 16.3. The van der Waals surface area contributed by atoms with Crippen LogP contribution in [0.15, 0.2) is 18.2 Å². The Labute approximate surface area is 128 Å². The second kappa shape index (κ2) is 7.81. The molecule has 0 aliphatic carbocycles. The minimum absolute atomic E-state index is 0.379. The molecule has 0 radical (unpaired) electrons. The maximum absolute atomic E-state index is 10.5. The fourth-order valence-electron chi connectivity index (χ4n) is 3.41. The molecule has 1 saturated heterocycles. The molecule has 0 amide bonds. The first-order valence-electron chi connectivity index (χ1n) is 8.22. The number of nitrogens with zero attached hydrogens (tertiary/aromatic N) is 1. The number of aliphatic hydroxyl groups excluding tert-OH is 1. The highest BCUT2D eigenvalue weighted by molar-refractivity contribution is 5.36. The van der Waals surface area contributed by atoms with Crippen molar-refractivity contribution in [3.63, 3.8) is 0 Å². The third-order valence-electron chi connectivity index (χ3n) is 4.75. The average molecular weight is 291 g/mol. The van der Waals surface area contributed by atoms with Gasteiger partial charge in [0.1, 0.15) is 5.75 Å². The number of rotatable bonds is 6. The van der Waals surface area contributed by atoms with Crippen LogP contribution >= 0.6 is 0 Å². The van der Waals surface area contributed by atoms with Crippen LogP contribution in [0.5, 0.6) is 5.75 Å². The summed E-state index contributed by atoms with van der Waals surface area (Å²) in [6.07, 6.45) is 5.62. The molecule has 21 heavy (non-hydrogen) atoms. The largest absolute Gasteiger partial charge is 0.497 e. The minimum Gasteiger partial charge on any atom is -0.497 e. The first-order valence-corrected chi connectivity index (χ1v) is 8.22. The molecule has 1 aliphatic rings. The summed E-state index contributed by atoms with van der Waals surface area (Å²) in [4.78, 5) is 2.56. The van der Waals surface area contributed by atoms with E-state index >= 15 is 0 Å². The number of methoxy groups -OCH3 is 1. The summed E-state index contributed by atoms with van der Waals surface area (Å²) in [6.45, 7) is 6.49. The van der Waals surface area contributed by atoms with Gasteiger partial charge >= 0.3 is 0 Å². The minimum atomic E-state index is -0.379. The molecule has 1 N–H and O–H groups in total. The number of hydrogen-bond acceptors (Lipinski definition) is 3. The van der Waals surface area contributed by atoms with Crippen LogP contribution in [0.1, 0.15) is 56.3 Å². The Morgan fingerprint density at radius 3 is 2.86 bits per heavy atom. The molecule has 2 unspecified atom stereocenters. The topological polar surface area (TPSA) is 32.7 Å². The lowest BCUT2D eigenvalue weighted by Crippen LogP contribution is -2.40. The summed E-state index contributed by atoms with van der Waals surface area (Å²) in [5.74, 6) is 0.852. The third-order valence-corrected chi connectivity index (χ3v) is 4.75. The number of likely N-dealkylation sites (tertiary alicyclic amines) is 1. The van der Waals surface area contributed by atoms with E-state index in [2.05, 4.69) is 11.8 Å². The fraction of sp³-hybridized carbons (Fsp3) is 0.667. The summed E-state index contributed by atoms with van der Waals surface area (Å²) in [5, 5.41) is 10.5. The molecule has 1 aliphatic heterocycles. The summed E-state index contributed by atoms with van der Waals surface area (Å²) < 4.78 is 5.22. The lowest BCUT2D eigenvalue weighted by atomic mass is 9.97. The molecule has 2 atom stereocenters. The maximum Gasteiger partial charge on any atom is 0.119 e. The van der Waals surface area contributed by atoms with Crippen molar-refractivity contribution in [2.24, 2.45) is 0 Å². The van der Waals surface area contributed by atoms with Gasteiger partial charge < -0.3 is 14.7 Å². The van der Waals surface area contributed by atoms with Gasteiger partial charge in [-0.25, -0.2) is 0 Å². The average Bonchev–Trinajstić information content (AvgIpc) is 2.52. The Hall–Kier alpha value is -1.06. The highest BCUT2D eigenvalue weighted by Crippen LogP contribution is 2.26. The molecule has 1 aromatic rings. The Kier molecular flexibility index (Phi) is 6.07. The van der Waals surface area contributed by atoms with Crippen molar-refractivity contribution in [2.75, 3.05) is 20.2 Å². The van der Waals surface area contributed by atoms with E-state index < -0.39 is 0 Å². The molecular weight excluding hydrogens is 262 g/mol. The first-order chi connectivity index (χ1) is 10.2. The standard InChI is InChI=1S/C18H29NO2/c1-4-15-7-5-6-11-19(15)12-10-18(20)17-9-8-16(21-3)13-14(17)2/h8-9,13,15,18,20H,4-7,10-12H2,1-3H3. The van der Waals surface area contributed by atoms with Crippen molar-refractivity contribution in [3.05, 3.63) is 29.3 Å². The number of piperidine rings is 1. The van der Waals surface area contributed by atoms with Crippen LogP contribution < -0.4 is 4.74 Å². The van der Waals surface area contributed by atoms with Crippen LogP contribution in [-0.2, 0) is 0 Å². The highest BCUT2D eigenvalue weighted by atomic mass is 16.5. The molecule has 3 heteroatoms. The number of aryl methyl sites for hydroxylation is 1. The van der Waals surface area contributed by atoms with Crippen LogP contribution in [-0.4, -0.2) is 36.2 Å². The van der Waals surface area contributed by atoms with Gasteiger partial charge in [0.25, 0.3) is 0 Å². The number of hydrogen-bond donors (Lipinski definition) is 1. The van der Waals surface area contributed by atoms with Crippen molar-refractivity contribution < 1.29 is 9.84 Å². The lowest BCUT2D eigenvalue weighted by Gasteiger charge is -2.35. The Morgan fingerprint density at radius 1 is 1.38 bits per heavy atom. The van der Waals surface area contributed by atoms with E-state index in [0.29, 0.717) is 6.04 Å². The Balaban J connectivity index is 1.93. The van der Waals surface area contributed by atoms with Gasteiger partial charge in [-0.05, 0) is 62.4 Å². The molecule has 2 rings (SSSR count). The van der Waals surface area contributed by atoms with E-state index in [1.165, 1.54) is 32.2 Å². The van der Waals surface area contributed by atoms with Gasteiger partial charge in [0.15, 0.2) is 0 Å². The van der Waals surface area contributed by atoms with E-state index in [-0.39, 0.29) is 6.10 Å². The number of ether oxygens (including phenoxy) is 1. The Bertz CT molecular complexity index is 447. The van der Waals surface area contributed by atoms with E-state index in [9.17, 15) is 5.11 Å². The molecule has 118 valence electrons. The molecular formula is C18H29NO2. The van der Waals surface area contributed by atoms with Crippen LogP contribution in [0, 0.1) is 6.92 Å². The normalized spacial score (nSPS) is 21.2. The molecule has 0 saturated carbocycles. The van der Waals surface area contributed by atoms with Gasteiger partial charge in [-0.3, -0.25) is 0 Å². The van der Waals surface area contributed by atoms with E-state index in [1.54, 1.807) is 7.11 Å². The van der Waals surface area contributed by atoms with Crippen LogP contribution in [0.4, 0.5) is 0 Å². The summed E-state index contributed by atoms with van der Waals surface area (Å²) in [5.41, 5.74) is 2.13. The number of aliphatic hydroxyl groups is 1. The zero-order valence-corrected chi connectivity index (χ0v) is 13.6. The molecule has 1 aromatic carbocycles. The van der Waals surface area contributed by atoms with Crippen LogP contribution in [0.3, 0.4) is 0 Å². The number of benzene rings is 1. The monoisotopic (exact) mass is 291 g/mol. The van der Waals surface area contributed by atoms with Gasteiger partial charge in [-0.1, -0.05) is 19.4 Å². The second-order valence-electron chi connectivity index (χ2n) is 6.12. The van der Waals surface area contributed by atoms with E-state index in [4.69, 9.17) is 4.74 Å². The van der Waals surface area contributed by atoms with Gasteiger partial charge in [0.2, 0.25) is 0 Å². The van der Waals surface area contributed by atoms with E-state index in [1.807, 2.05) is 25.1 Å². The van der Waals surface area contributed by atoms with Gasteiger partial charge in [-0.2, -0.15) is 0 Å². The Morgan fingerprint density at radius 2 is 2.19 bits per heavy atom. The second-order valence-corrected chi connectivity index (χ2v) is 6.12. The summed E-state index contributed by atoms with van der Waals surface area (Å²) in [6, 6.07) is 6.63. The van der Waals surface area contributed by atoms with E-state index in [0.717, 1.165) is 29.8 Å². The predicted octanol–water partition coefficient (Wildman–Crippen LogP) is 3.69. The fourth-order valence-corrected chi connectivity index (χ4v) is 3.41. The van der Waals surface area contributed by atoms with Gasteiger partial charge in [0.05, 0.1) is 13.2 Å².